The van der Waals surface area contributed by atoms with Gasteiger partial charge >= 0.3 is 11.7 Å². The molecule has 6 heteroatoms. The van der Waals surface area contributed by atoms with Crippen molar-refractivity contribution in [3.8, 4) is 5.75 Å². The highest BCUT2D eigenvalue weighted by atomic mass is 16.5. The number of fused-ring (bicyclic) bond motifs is 1. The Bertz CT molecular complexity index is 838. The molecular weight excluding hydrogens is 282 g/mol. The van der Waals surface area contributed by atoms with Gasteiger partial charge in [0.25, 0.3) is 0 Å². The van der Waals surface area contributed by atoms with Crippen LogP contribution in [0.15, 0.2) is 36.5 Å². The fraction of sp³-hybridized carbons (Fsp3) is 0.188. The number of H-pyrrole nitrogens is 1. The van der Waals surface area contributed by atoms with Crippen molar-refractivity contribution in [3.05, 3.63) is 59.2 Å². The Kier molecular flexibility index (Phi) is 3.50. The van der Waals surface area contributed by atoms with E-state index in [1.807, 2.05) is 30.5 Å². The molecule has 6 nitrogen and oxygen atoms in total. The van der Waals surface area contributed by atoms with E-state index in [1.54, 1.807) is 12.1 Å². The van der Waals surface area contributed by atoms with E-state index >= 15 is 0 Å². The number of hydrogen-bond acceptors (Lipinski definition) is 3. The summed E-state index contributed by atoms with van der Waals surface area (Å²) in [6, 6.07) is 8.34. The van der Waals surface area contributed by atoms with Crippen molar-refractivity contribution < 1.29 is 19.0 Å². The highest BCUT2D eigenvalue weighted by Gasteiger charge is 2.13. The summed E-state index contributed by atoms with van der Waals surface area (Å²) in [6.07, 6.45) is 1.95. The summed E-state index contributed by atoms with van der Waals surface area (Å²) in [7, 11) is 0. The molecule has 1 aromatic carbocycles. The molecule has 0 fully saturated rings. The summed E-state index contributed by atoms with van der Waals surface area (Å²) in [5, 5.41) is 8.86. The van der Waals surface area contributed by atoms with Gasteiger partial charge in [-0.15, -0.1) is 0 Å². The first-order chi connectivity index (χ1) is 10.5. The smallest absolute Gasteiger partial charge is 0.401 e. The van der Waals surface area contributed by atoms with Crippen LogP contribution in [0.1, 0.15) is 27.4 Å². The molecule has 0 saturated heterocycles. The second-order valence-electron chi connectivity index (χ2n) is 5.13. The Morgan fingerprint density at radius 3 is 2.73 bits per heavy atom. The van der Waals surface area contributed by atoms with Gasteiger partial charge in [0.05, 0.1) is 11.3 Å². The van der Waals surface area contributed by atoms with Gasteiger partial charge in [-0.3, -0.25) is 0 Å². The molecule has 0 spiro atoms. The summed E-state index contributed by atoms with van der Waals surface area (Å²) in [4.78, 5) is 18.4. The van der Waals surface area contributed by atoms with Gasteiger partial charge in [-0.1, -0.05) is 4.98 Å². The fourth-order valence-corrected chi connectivity index (χ4v) is 2.30. The molecular formula is C16H16N3O3+. The standard InChI is InChI=1S/C16H15N3O3/c1-10-7-11(2)19-8-13(18-16(19)17-10)9-22-14-5-3-12(4-6-14)15(20)21/h3-8H,9H2,1-2H3,(H,20,21)/p+1. The van der Waals surface area contributed by atoms with Crippen molar-refractivity contribution in [2.45, 2.75) is 20.5 Å². The van der Waals surface area contributed by atoms with Crippen LogP contribution in [0.5, 0.6) is 5.75 Å². The highest BCUT2D eigenvalue weighted by Crippen LogP contribution is 2.14. The van der Waals surface area contributed by atoms with Crippen LogP contribution in [-0.4, -0.2) is 21.0 Å². The third-order valence-corrected chi connectivity index (χ3v) is 3.36. The highest BCUT2D eigenvalue weighted by molar-refractivity contribution is 5.87. The van der Waals surface area contributed by atoms with Crippen molar-refractivity contribution >= 4 is 11.7 Å². The maximum Gasteiger partial charge on any atom is 0.401 e. The first kappa shape index (κ1) is 14.1. The maximum atomic E-state index is 10.8. The molecule has 3 aromatic rings. The maximum absolute atomic E-state index is 10.8. The molecule has 2 aromatic heterocycles. The van der Waals surface area contributed by atoms with Gasteiger partial charge < -0.3 is 9.84 Å². The zero-order valence-corrected chi connectivity index (χ0v) is 12.3. The predicted octanol–water partition coefficient (Wildman–Crippen LogP) is 2.04. The number of carboxylic acids is 1. The number of carbonyl (C=O) groups is 1. The number of hydrogen-bond donors (Lipinski definition) is 2. The lowest BCUT2D eigenvalue weighted by molar-refractivity contribution is -0.520. The lowest BCUT2D eigenvalue weighted by atomic mass is 10.2. The fourth-order valence-electron chi connectivity index (χ4n) is 2.30. The van der Waals surface area contributed by atoms with E-state index in [0.717, 1.165) is 22.9 Å². The first-order valence-electron chi connectivity index (χ1n) is 6.86. The number of aromatic amines is 1. The molecule has 0 bridgehead atoms. The van der Waals surface area contributed by atoms with Crippen LogP contribution in [0.2, 0.25) is 0 Å². The van der Waals surface area contributed by atoms with Gasteiger partial charge in [0.2, 0.25) is 0 Å². The minimum absolute atomic E-state index is 0.240. The molecule has 0 aliphatic heterocycles. The summed E-state index contributed by atoms with van der Waals surface area (Å²) >= 11 is 0. The van der Waals surface area contributed by atoms with Crippen molar-refractivity contribution in [1.82, 2.24) is 9.97 Å². The Balaban J connectivity index is 1.76. The van der Waals surface area contributed by atoms with E-state index in [-0.39, 0.29) is 5.56 Å². The van der Waals surface area contributed by atoms with E-state index in [2.05, 4.69) is 9.97 Å². The molecule has 112 valence electrons. The van der Waals surface area contributed by atoms with E-state index < -0.39 is 5.97 Å². The second kappa shape index (κ2) is 5.48. The summed E-state index contributed by atoms with van der Waals surface area (Å²) < 4.78 is 7.63. The number of aromatic nitrogens is 3. The summed E-state index contributed by atoms with van der Waals surface area (Å²) in [5.74, 6) is 0.447. The second-order valence-corrected chi connectivity index (χ2v) is 5.13. The van der Waals surface area contributed by atoms with Gasteiger partial charge in [-0.2, -0.15) is 0 Å². The topological polar surface area (TPSA) is 79.3 Å². The Morgan fingerprint density at radius 1 is 1.32 bits per heavy atom. The van der Waals surface area contributed by atoms with Gasteiger partial charge in [-0.05, 0) is 38.1 Å². The van der Waals surface area contributed by atoms with E-state index in [4.69, 9.17) is 9.84 Å². The van der Waals surface area contributed by atoms with Crippen LogP contribution in [0.4, 0.5) is 0 Å². The number of aromatic carboxylic acids is 1. The van der Waals surface area contributed by atoms with Gasteiger partial charge in [0, 0.05) is 6.07 Å². The molecule has 0 unspecified atom stereocenters. The molecule has 0 saturated carbocycles. The SMILES string of the molecule is Cc1cc(C)[n+]2cc(COc3ccc(C(=O)O)cc3)[nH]c2n1. The Labute approximate surface area is 127 Å². The average molecular weight is 298 g/mol. The average Bonchev–Trinajstić information content (AvgIpc) is 2.89. The molecule has 22 heavy (non-hydrogen) atoms. The molecule has 0 aliphatic rings. The third-order valence-electron chi connectivity index (χ3n) is 3.36. The number of carboxylic acid groups (broad SMARTS) is 1. The monoisotopic (exact) mass is 298 g/mol. The molecule has 3 rings (SSSR count). The van der Waals surface area contributed by atoms with Crippen LogP contribution < -0.4 is 9.14 Å². The van der Waals surface area contributed by atoms with Crippen LogP contribution in [-0.2, 0) is 6.61 Å². The molecule has 2 heterocycles. The number of nitrogens with one attached hydrogen (secondary N) is 1. The van der Waals surface area contributed by atoms with Crippen molar-refractivity contribution in [2.75, 3.05) is 0 Å². The third kappa shape index (κ3) is 2.76. The quantitative estimate of drug-likeness (QED) is 0.722. The van der Waals surface area contributed by atoms with Crippen molar-refractivity contribution in [1.29, 1.82) is 0 Å². The van der Waals surface area contributed by atoms with Gasteiger partial charge in [-0.25, -0.2) is 14.2 Å². The number of imidazole rings is 1. The zero-order chi connectivity index (χ0) is 15.7. The molecule has 0 aliphatic carbocycles. The minimum atomic E-state index is -0.949. The molecule has 2 N–H and O–H groups in total. The largest absolute Gasteiger partial charge is 0.486 e. The summed E-state index contributed by atoms with van der Waals surface area (Å²) in [5.41, 5.74) is 3.18. The number of nitrogens with zero attached hydrogens (tertiary/aromatic N) is 2. The number of ether oxygens (including phenoxy) is 1. The number of aryl methyl sites for hydroxylation is 2. The molecule has 0 radical (unpaired) electrons. The summed E-state index contributed by atoms with van der Waals surface area (Å²) in [6.45, 7) is 4.33. The first-order valence-corrected chi connectivity index (χ1v) is 6.86. The van der Waals surface area contributed by atoms with Crippen molar-refractivity contribution in [3.63, 3.8) is 0 Å². The van der Waals surface area contributed by atoms with Crippen LogP contribution in [0, 0.1) is 13.8 Å². The lowest BCUT2D eigenvalue weighted by Gasteiger charge is -2.03. The van der Waals surface area contributed by atoms with Crippen LogP contribution >= 0.6 is 0 Å². The van der Waals surface area contributed by atoms with E-state index in [1.165, 1.54) is 12.1 Å². The molecule has 0 atom stereocenters. The minimum Gasteiger partial charge on any atom is -0.486 e. The number of benzene rings is 1. The number of rotatable bonds is 4. The predicted molar refractivity (Wildman–Crippen MR) is 79.0 cm³/mol. The van der Waals surface area contributed by atoms with Crippen LogP contribution in [0.3, 0.4) is 0 Å². The van der Waals surface area contributed by atoms with E-state index in [9.17, 15) is 4.79 Å². The molecule has 0 amide bonds. The Morgan fingerprint density at radius 2 is 2.05 bits per heavy atom. The van der Waals surface area contributed by atoms with Gasteiger partial charge in [0.15, 0.2) is 0 Å². The Hall–Kier alpha value is -2.89. The van der Waals surface area contributed by atoms with Gasteiger partial charge in [0.1, 0.15) is 29.9 Å². The normalized spacial score (nSPS) is 10.8. The van der Waals surface area contributed by atoms with Crippen LogP contribution in [0.25, 0.3) is 5.78 Å². The van der Waals surface area contributed by atoms with E-state index in [0.29, 0.717) is 12.4 Å². The lowest BCUT2D eigenvalue weighted by Crippen LogP contribution is -2.24. The zero-order valence-electron chi connectivity index (χ0n) is 12.3. The van der Waals surface area contributed by atoms with Crippen molar-refractivity contribution in [2.24, 2.45) is 0 Å².